The topological polar surface area (TPSA) is 72.8 Å². The minimum atomic E-state index is -0.983. The first-order valence-corrected chi connectivity index (χ1v) is 10.8. The van der Waals surface area contributed by atoms with Crippen molar-refractivity contribution in [1.82, 2.24) is 0 Å². The summed E-state index contributed by atoms with van der Waals surface area (Å²) >= 11 is 0. The summed E-state index contributed by atoms with van der Waals surface area (Å²) in [7, 11) is 1.38. The average Bonchev–Trinajstić information content (AvgIpc) is 2.85. The third kappa shape index (κ3) is 7.29. The molecule has 0 aliphatic carbocycles. The predicted octanol–water partition coefficient (Wildman–Crippen LogP) is 4.91. The summed E-state index contributed by atoms with van der Waals surface area (Å²) in [4.78, 5) is 23.5. The normalized spacial score (nSPS) is 11.2. The molecule has 0 amide bonds. The number of hydrogen-bond acceptors (Lipinski definition) is 4. The highest BCUT2D eigenvalue weighted by atomic mass is 19.1. The summed E-state index contributed by atoms with van der Waals surface area (Å²) in [5.74, 6) is 5.32. The van der Waals surface area contributed by atoms with E-state index in [2.05, 4.69) is 11.8 Å². The minimum Gasteiger partial charge on any atom is -0.494 e. The molecule has 0 saturated heterocycles. The average molecular weight is 461 g/mol. The largest absolute Gasteiger partial charge is 0.494 e. The molecule has 0 bridgehead atoms. The highest BCUT2D eigenvalue weighted by molar-refractivity contribution is 6.09. The van der Waals surface area contributed by atoms with Crippen LogP contribution in [0, 0.1) is 17.7 Å². The summed E-state index contributed by atoms with van der Waals surface area (Å²) in [5.41, 5.74) is 2.67. The summed E-state index contributed by atoms with van der Waals surface area (Å²) in [6.45, 7) is 0.493. The zero-order chi connectivity index (χ0) is 24.3. The van der Waals surface area contributed by atoms with Crippen LogP contribution in [0.5, 0.6) is 5.75 Å². The lowest BCUT2D eigenvalue weighted by Gasteiger charge is -2.10. The Morgan fingerprint density at radius 3 is 2.15 bits per heavy atom. The Labute approximate surface area is 198 Å². The molecule has 0 aliphatic heterocycles. The van der Waals surface area contributed by atoms with Crippen molar-refractivity contribution in [2.75, 3.05) is 13.7 Å². The van der Waals surface area contributed by atoms with Crippen LogP contribution in [-0.4, -0.2) is 36.7 Å². The third-order valence-electron chi connectivity index (χ3n) is 5.11. The fourth-order valence-corrected chi connectivity index (χ4v) is 3.20. The summed E-state index contributed by atoms with van der Waals surface area (Å²) in [6.07, 6.45) is 0.852. The molecule has 0 spiro atoms. The molecule has 3 rings (SSSR count). The van der Waals surface area contributed by atoms with Gasteiger partial charge in [0.25, 0.3) is 0 Å². The molecule has 174 valence electrons. The van der Waals surface area contributed by atoms with Crippen molar-refractivity contribution < 1.29 is 28.6 Å². The van der Waals surface area contributed by atoms with E-state index < -0.39 is 12.1 Å². The van der Waals surface area contributed by atoms with Crippen molar-refractivity contribution in [2.24, 2.45) is 0 Å². The molecule has 5 nitrogen and oxygen atoms in total. The van der Waals surface area contributed by atoms with Gasteiger partial charge in [-0.15, -0.1) is 0 Å². The fourth-order valence-electron chi connectivity index (χ4n) is 3.20. The maximum absolute atomic E-state index is 13.0. The summed E-state index contributed by atoms with van der Waals surface area (Å²) in [5, 5.41) is 9.05. The molecule has 6 heteroatoms. The van der Waals surface area contributed by atoms with Gasteiger partial charge in [-0.25, -0.2) is 9.18 Å². The van der Waals surface area contributed by atoms with Crippen molar-refractivity contribution in [3.8, 4) is 17.6 Å². The van der Waals surface area contributed by atoms with Crippen molar-refractivity contribution in [1.29, 1.82) is 0 Å². The molecular formula is C28H25FO5. The molecule has 0 aromatic heterocycles. The molecule has 0 unspecified atom stereocenters. The smallest absolute Gasteiger partial charge is 0.333 e. The number of carbonyl (C=O) groups excluding carboxylic acids is 1. The molecular weight excluding hydrogens is 435 g/mol. The Hall–Kier alpha value is -3.95. The van der Waals surface area contributed by atoms with E-state index in [0.717, 1.165) is 17.5 Å². The number of aliphatic carboxylic acids is 1. The van der Waals surface area contributed by atoms with E-state index in [9.17, 15) is 14.0 Å². The molecule has 1 N–H and O–H groups in total. The zero-order valence-electron chi connectivity index (χ0n) is 18.8. The van der Waals surface area contributed by atoms with Crippen LogP contribution in [0.4, 0.5) is 4.39 Å². The standard InChI is InChI=1S/C28H25FO5/c1-33-26(28(31)32)19-21-8-6-20(7-9-21)5-3-2-4-18-34-25-16-12-23(13-17-25)27(30)22-10-14-24(29)15-11-22/h6-17,26H,2,4,18-19H2,1H3,(H,31,32)/t26-/m0/s1. The van der Waals surface area contributed by atoms with Crippen LogP contribution in [0.3, 0.4) is 0 Å². The predicted molar refractivity (Wildman–Crippen MR) is 126 cm³/mol. The lowest BCUT2D eigenvalue weighted by molar-refractivity contribution is -0.148. The van der Waals surface area contributed by atoms with Gasteiger partial charge in [0.1, 0.15) is 11.6 Å². The molecule has 34 heavy (non-hydrogen) atoms. The molecule has 3 aromatic carbocycles. The van der Waals surface area contributed by atoms with Gasteiger partial charge in [0.2, 0.25) is 0 Å². The Bertz CT molecular complexity index is 1160. The summed E-state index contributed by atoms with van der Waals surface area (Å²) in [6, 6.07) is 19.8. The first kappa shape index (κ1) is 24.7. The number of unbranched alkanes of at least 4 members (excludes halogenated alkanes) is 1. The molecule has 1 atom stereocenters. The van der Waals surface area contributed by atoms with Gasteiger partial charge >= 0.3 is 5.97 Å². The number of rotatable bonds is 10. The molecule has 3 aromatic rings. The molecule has 0 saturated carbocycles. The number of carboxylic acid groups (broad SMARTS) is 1. The molecule has 0 aliphatic rings. The molecule has 0 heterocycles. The van der Waals surface area contributed by atoms with Crippen molar-refractivity contribution in [3.05, 3.63) is 101 Å². The Balaban J connectivity index is 1.41. The zero-order valence-corrected chi connectivity index (χ0v) is 18.8. The maximum atomic E-state index is 13.0. The second kappa shape index (κ2) is 12.3. The lowest BCUT2D eigenvalue weighted by atomic mass is 10.0. The number of carboxylic acids is 1. The summed E-state index contributed by atoms with van der Waals surface area (Å²) < 4.78 is 23.7. The van der Waals surface area contributed by atoms with E-state index >= 15 is 0 Å². The first-order chi connectivity index (χ1) is 16.5. The van der Waals surface area contributed by atoms with E-state index in [1.54, 1.807) is 24.3 Å². The molecule has 0 fully saturated rings. The van der Waals surface area contributed by atoms with Gasteiger partial charge in [-0.1, -0.05) is 24.0 Å². The van der Waals surface area contributed by atoms with Gasteiger partial charge in [-0.05, 0) is 72.6 Å². The number of benzene rings is 3. The highest BCUT2D eigenvalue weighted by Crippen LogP contribution is 2.16. The van der Waals surface area contributed by atoms with Crippen LogP contribution < -0.4 is 4.74 Å². The van der Waals surface area contributed by atoms with Crippen LogP contribution in [0.15, 0.2) is 72.8 Å². The second-order valence-electron chi connectivity index (χ2n) is 7.58. The van der Waals surface area contributed by atoms with E-state index in [4.69, 9.17) is 14.6 Å². The van der Waals surface area contributed by atoms with Crippen molar-refractivity contribution in [2.45, 2.75) is 25.4 Å². The first-order valence-electron chi connectivity index (χ1n) is 10.8. The Kier molecular flexibility index (Phi) is 8.96. The SMILES string of the molecule is CO[C@@H](Cc1ccc(C#CCCCOc2ccc(C(=O)c3ccc(F)cc3)cc2)cc1)C(=O)O. The van der Waals surface area contributed by atoms with Crippen molar-refractivity contribution in [3.63, 3.8) is 0 Å². The van der Waals surface area contributed by atoms with Crippen LogP contribution >= 0.6 is 0 Å². The third-order valence-corrected chi connectivity index (χ3v) is 5.11. The lowest BCUT2D eigenvalue weighted by Crippen LogP contribution is -2.24. The van der Waals surface area contributed by atoms with E-state index in [-0.39, 0.29) is 11.6 Å². The number of carbonyl (C=O) groups is 2. The van der Waals surface area contributed by atoms with Crippen LogP contribution in [0.1, 0.15) is 39.9 Å². The van der Waals surface area contributed by atoms with Crippen molar-refractivity contribution >= 4 is 11.8 Å². The van der Waals surface area contributed by atoms with Crippen LogP contribution in [0.25, 0.3) is 0 Å². The van der Waals surface area contributed by atoms with Gasteiger partial charge in [0.15, 0.2) is 11.9 Å². The van der Waals surface area contributed by atoms with Crippen LogP contribution in [0.2, 0.25) is 0 Å². The second-order valence-corrected chi connectivity index (χ2v) is 7.58. The minimum absolute atomic E-state index is 0.171. The van der Waals surface area contributed by atoms with E-state index in [1.807, 2.05) is 24.3 Å². The van der Waals surface area contributed by atoms with Gasteiger partial charge in [-0.2, -0.15) is 0 Å². The van der Waals surface area contributed by atoms with E-state index in [1.165, 1.54) is 31.4 Å². The molecule has 0 radical (unpaired) electrons. The monoisotopic (exact) mass is 460 g/mol. The fraction of sp³-hybridized carbons (Fsp3) is 0.214. The number of methoxy groups -OCH3 is 1. The van der Waals surface area contributed by atoms with Gasteiger partial charge in [-0.3, -0.25) is 4.79 Å². The van der Waals surface area contributed by atoms with Gasteiger partial charge < -0.3 is 14.6 Å². The maximum Gasteiger partial charge on any atom is 0.333 e. The Morgan fingerprint density at radius 1 is 0.941 bits per heavy atom. The number of hydrogen-bond donors (Lipinski definition) is 1. The number of ether oxygens (including phenoxy) is 2. The Morgan fingerprint density at radius 2 is 1.56 bits per heavy atom. The van der Waals surface area contributed by atoms with E-state index in [0.29, 0.717) is 36.3 Å². The van der Waals surface area contributed by atoms with Crippen LogP contribution in [-0.2, 0) is 16.0 Å². The quantitative estimate of drug-likeness (QED) is 0.264. The number of halogens is 1. The van der Waals surface area contributed by atoms with Gasteiger partial charge in [0, 0.05) is 36.6 Å². The van der Waals surface area contributed by atoms with Gasteiger partial charge in [0.05, 0.1) is 6.61 Å². The number of ketones is 1. The highest BCUT2D eigenvalue weighted by Gasteiger charge is 2.16.